The first kappa shape index (κ1) is 22.4. The number of cyclic esters (lactones) is 1. The highest BCUT2D eigenvalue weighted by molar-refractivity contribution is 6.30. The first-order chi connectivity index (χ1) is 16.1. The highest BCUT2D eigenvalue weighted by Gasteiger charge is 2.47. The van der Waals surface area contributed by atoms with Crippen LogP contribution in [-0.2, 0) is 20.7 Å². The van der Waals surface area contributed by atoms with Crippen LogP contribution in [0.5, 0.6) is 0 Å². The van der Waals surface area contributed by atoms with Crippen LogP contribution < -0.4 is 0 Å². The van der Waals surface area contributed by atoms with Crippen molar-refractivity contribution in [1.82, 2.24) is 9.80 Å². The van der Waals surface area contributed by atoms with Gasteiger partial charge in [-0.2, -0.15) is 0 Å². The van der Waals surface area contributed by atoms with Crippen molar-refractivity contribution < 1.29 is 19.1 Å². The molecular weight excluding hydrogens is 440 g/mol. The lowest BCUT2D eigenvalue weighted by Gasteiger charge is -2.31. The van der Waals surface area contributed by atoms with E-state index in [1.807, 2.05) is 54.6 Å². The second-order valence-electron chi connectivity index (χ2n) is 9.19. The normalized spacial score (nSPS) is 26.5. The molecular formula is C26H29ClN2O4. The smallest absolute Gasteiger partial charge is 0.416 e. The topological polar surface area (TPSA) is 59.1 Å². The average molecular weight is 469 g/mol. The minimum Gasteiger partial charge on any atom is -0.447 e. The Morgan fingerprint density at radius 1 is 1.00 bits per heavy atom. The third-order valence-electron chi connectivity index (χ3n) is 7.18. The van der Waals surface area contributed by atoms with Gasteiger partial charge in [0.25, 0.3) is 0 Å². The third-order valence-corrected chi connectivity index (χ3v) is 7.44. The minimum atomic E-state index is -0.527. The summed E-state index contributed by atoms with van der Waals surface area (Å²) < 4.78 is 10.9. The molecule has 3 atom stereocenters. The Hall–Kier alpha value is -2.41. The number of hydrogen-bond acceptors (Lipinski definition) is 5. The molecule has 3 aliphatic rings. The van der Waals surface area contributed by atoms with E-state index in [1.54, 1.807) is 0 Å². The fourth-order valence-electron chi connectivity index (χ4n) is 5.43. The maximum atomic E-state index is 13.9. The van der Waals surface area contributed by atoms with E-state index in [-0.39, 0.29) is 30.4 Å². The largest absolute Gasteiger partial charge is 0.447 e. The highest BCUT2D eigenvalue weighted by Crippen LogP contribution is 2.38. The Morgan fingerprint density at radius 3 is 2.45 bits per heavy atom. The van der Waals surface area contributed by atoms with E-state index in [1.165, 1.54) is 4.90 Å². The van der Waals surface area contributed by atoms with Crippen LogP contribution in [0.3, 0.4) is 0 Å². The third kappa shape index (κ3) is 4.79. The molecule has 2 aromatic rings. The van der Waals surface area contributed by atoms with Crippen molar-refractivity contribution in [3.63, 3.8) is 0 Å². The summed E-state index contributed by atoms with van der Waals surface area (Å²) in [5.74, 6) is -0.436. The maximum Gasteiger partial charge on any atom is 0.416 e. The van der Waals surface area contributed by atoms with Crippen LogP contribution in [-0.4, -0.2) is 66.8 Å². The zero-order valence-corrected chi connectivity index (χ0v) is 19.3. The number of carbonyl (C=O) groups excluding carboxylic acids is 2. The van der Waals surface area contributed by atoms with Crippen molar-refractivity contribution in [2.75, 3.05) is 32.9 Å². The van der Waals surface area contributed by atoms with Crippen LogP contribution in [0.1, 0.15) is 29.9 Å². The van der Waals surface area contributed by atoms with Gasteiger partial charge < -0.3 is 9.47 Å². The minimum absolute atomic E-state index is 0.00314. The van der Waals surface area contributed by atoms with Crippen molar-refractivity contribution in [3.8, 4) is 0 Å². The predicted octanol–water partition coefficient (Wildman–Crippen LogP) is 4.12. The molecule has 6 nitrogen and oxygen atoms in total. The Bertz CT molecular complexity index is 978. The first-order valence-corrected chi connectivity index (χ1v) is 12.1. The lowest BCUT2D eigenvalue weighted by Crippen LogP contribution is -2.45. The highest BCUT2D eigenvalue weighted by atomic mass is 35.5. The summed E-state index contributed by atoms with van der Waals surface area (Å²) in [6.45, 7) is 3.17. The monoisotopic (exact) mass is 468 g/mol. The molecule has 174 valence electrons. The molecule has 0 N–H and O–H groups in total. The fourth-order valence-corrected chi connectivity index (χ4v) is 5.55. The fraction of sp³-hybridized carbons (Fsp3) is 0.462. The number of halogens is 1. The van der Waals surface area contributed by atoms with E-state index in [9.17, 15) is 9.59 Å². The van der Waals surface area contributed by atoms with Crippen LogP contribution in [0, 0.1) is 5.92 Å². The van der Waals surface area contributed by atoms with E-state index < -0.39 is 6.09 Å². The van der Waals surface area contributed by atoms with Gasteiger partial charge in [-0.05, 0) is 42.5 Å². The Morgan fingerprint density at radius 2 is 1.73 bits per heavy atom. The summed E-state index contributed by atoms with van der Waals surface area (Å²) in [4.78, 5) is 30.4. The molecule has 0 aromatic heterocycles. The number of imide groups is 1. The van der Waals surface area contributed by atoms with Crippen LogP contribution in [0.15, 0.2) is 54.6 Å². The van der Waals surface area contributed by atoms with E-state index in [2.05, 4.69) is 4.90 Å². The molecule has 2 amide bonds. The van der Waals surface area contributed by atoms with Gasteiger partial charge in [-0.1, -0.05) is 54.1 Å². The van der Waals surface area contributed by atoms with Crippen LogP contribution in [0.2, 0.25) is 5.02 Å². The summed E-state index contributed by atoms with van der Waals surface area (Å²) in [5.41, 5.74) is 2.17. The van der Waals surface area contributed by atoms with Crippen molar-refractivity contribution in [1.29, 1.82) is 0 Å². The quantitative estimate of drug-likeness (QED) is 0.660. The molecule has 3 heterocycles. The number of hydrogen-bond donors (Lipinski definition) is 0. The van der Waals surface area contributed by atoms with E-state index in [0.29, 0.717) is 24.0 Å². The molecule has 3 fully saturated rings. The first-order valence-electron chi connectivity index (χ1n) is 11.7. The molecule has 0 saturated carbocycles. The van der Waals surface area contributed by atoms with Gasteiger partial charge in [0, 0.05) is 43.3 Å². The van der Waals surface area contributed by atoms with Crippen LogP contribution in [0.25, 0.3) is 0 Å². The molecule has 2 aromatic carbocycles. The molecule has 0 radical (unpaired) electrons. The number of carbonyl (C=O) groups is 2. The van der Waals surface area contributed by atoms with Gasteiger partial charge in [0.05, 0.1) is 12.0 Å². The van der Waals surface area contributed by atoms with Crippen molar-refractivity contribution in [2.45, 2.75) is 37.3 Å². The number of amides is 2. The van der Waals surface area contributed by atoms with Gasteiger partial charge >= 0.3 is 6.09 Å². The van der Waals surface area contributed by atoms with E-state index >= 15 is 0 Å². The van der Waals surface area contributed by atoms with Crippen LogP contribution in [0.4, 0.5) is 4.79 Å². The van der Waals surface area contributed by atoms with Gasteiger partial charge in [-0.25, -0.2) is 9.69 Å². The summed E-state index contributed by atoms with van der Waals surface area (Å²) in [5, 5.41) is 0.673. The number of ether oxygens (including phenoxy) is 2. The Labute approximate surface area is 199 Å². The van der Waals surface area contributed by atoms with Gasteiger partial charge in [-0.15, -0.1) is 0 Å². The van der Waals surface area contributed by atoms with E-state index in [0.717, 1.165) is 43.7 Å². The van der Waals surface area contributed by atoms with Gasteiger partial charge in [0.1, 0.15) is 6.61 Å². The summed E-state index contributed by atoms with van der Waals surface area (Å²) in [6, 6.07) is 17.8. The van der Waals surface area contributed by atoms with Crippen molar-refractivity contribution >= 4 is 23.6 Å². The van der Waals surface area contributed by atoms with Gasteiger partial charge in [0.15, 0.2) is 0 Å². The number of benzene rings is 2. The Balaban J connectivity index is 1.40. The molecule has 3 aliphatic heterocycles. The summed E-state index contributed by atoms with van der Waals surface area (Å²) >= 11 is 6.13. The molecule has 33 heavy (non-hydrogen) atoms. The standard InChI is InChI=1S/C26H29ClN2O4/c27-20-8-6-19(7-9-20)23-15-28(21-10-12-32-13-11-21)16-24(23)25(30)29-22(17-33-26(29)31)14-18-4-2-1-3-5-18/h1-9,21-24H,10-17H2/t22-,23-,24+/m0/s1. The van der Waals surface area contributed by atoms with Crippen molar-refractivity contribution in [3.05, 3.63) is 70.7 Å². The van der Waals surface area contributed by atoms with Gasteiger partial charge in [-0.3, -0.25) is 9.69 Å². The van der Waals surface area contributed by atoms with Crippen molar-refractivity contribution in [2.24, 2.45) is 5.92 Å². The second-order valence-corrected chi connectivity index (χ2v) is 9.63. The van der Waals surface area contributed by atoms with E-state index in [4.69, 9.17) is 21.1 Å². The molecule has 5 rings (SSSR count). The summed E-state index contributed by atoms with van der Waals surface area (Å²) in [6.07, 6.45) is 2.01. The maximum absolute atomic E-state index is 13.9. The number of likely N-dealkylation sites (tertiary alicyclic amines) is 1. The number of nitrogens with zero attached hydrogens (tertiary/aromatic N) is 2. The zero-order valence-electron chi connectivity index (χ0n) is 18.6. The molecule has 7 heteroatoms. The average Bonchev–Trinajstić information content (AvgIpc) is 3.45. The molecule has 0 aliphatic carbocycles. The van der Waals surface area contributed by atoms with Gasteiger partial charge in [0.2, 0.25) is 5.91 Å². The lowest BCUT2D eigenvalue weighted by molar-refractivity contribution is -0.133. The molecule has 0 unspecified atom stereocenters. The predicted molar refractivity (Wildman–Crippen MR) is 125 cm³/mol. The zero-order chi connectivity index (χ0) is 22.8. The number of rotatable bonds is 5. The second kappa shape index (κ2) is 9.84. The summed E-state index contributed by atoms with van der Waals surface area (Å²) in [7, 11) is 0. The molecule has 0 spiro atoms. The molecule has 0 bridgehead atoms. The lowest BCUT2D eigenvalue weighted by atomic mass is 9.87. The van der Waals surface area contributed by atoms with Crippen LogP contribution >= 0.6 is 11.6 Å². The molecule has 3 saturated heterocycles. The SMILES string of the molecule is O=C1OC[C@H](Cc2ccccc2)N1C(=O)[C@@H]1CN(C2CCOCC2)C[C@H]1c1ccc(Cl)cc1. The Kier molecular flexibility index (Phi) is 6.67.